The van der Waals surface area contributed by atoms with Crippen LogP contribution in [-0.4, -0.2) is 52.6 Å². The Morgan fingerprint density at radius 3 is 2.61 bits per heavy atom. The number of amides is 2. The van der Waals surface area contributed by atoms with Gasteiger partial charge in [0.05, 0.1) is 18.6 Å². The SMILES string of the molecule is C[C@@H]1c2c(n(C)c3ccccc23)[C@H](c2ccc3c(c2)OCO3)N2CC(=O)N(C)C(=O)[C@H]12. The number of aryl methyl sites for hydroxylation is 1. The summed E-state index contributed by atoms with van der Waals surface area (Å²) in [6.07, 6.45) is 0. The van der Waals surface area contributed by atoms with E-state index in [1.807, 2.05) is 30.3 Å². The first-order valence-electron chi connectivity index (χ1n) is 10.5. The van der Waals surface area contributed by atoms with Crippen molar-refractivity contribution in [3.8, 4) is 11.5 Å². The number of imide groups is 1. The molecule has 1 saturated heterocycles. The highest BCUT2D eigenvalue weighted by Gasteiger charge is 2.50. The maximum absolute atomic E-state index is 13.3. The molecule has 0 unspecified atom stereocenters. The van der Waals surface area contributed by atoms with Crippen molar-refractivity contribution < 1.29 is 19.1 Å². The summed E-state index contributed by atoms with van der Waals surface area (Å²) >= 11 is 0. The summed E-state index contributed by atoms with van der Waals surface area (Å²) in [6.45, 7) is 2.49. The molecule has 0 saturated carbocycles. The molecule has 2 aromatic carbocycles. The minimum atomic E-state index is -0.406. The first kappa shape index (κ1) is 18.4. The average molecular weight is 417 g/mol. The molecule has 6 rings (SSSR count). The van der Waals surface area contributed by atoms with Crippen LogP contribution in [0, 0.1) is 0 Å². The molecule has 3 atom stereocenters. The third-order valence-electron chi connectivity index (χ3n) is 7.06. The number of aromatic nitrogens is 1. The Balaban J connectivity index is 1.64. The smallest absolute Gasteiger partial charge is 0.246 e. The number of carbonyl (C=O) groups is 2. The van der Waals surface area contributed by atoms with Crippen LogP contribution in [0.2, 0.25) is 0 Å². The Morgan fingerprint density at radius 1 is 1.00 bits per heavy atom. The fraction of sp³-hybridized carbons (Fsp3) is 0.333. The van der Waals surface area contributed by atoms with Crippen molar-refractivity contribution in [1.29, 1.82) is 0 Å². The molecular formula is C24H23N3O4. The van der Waals surface area contributed by atoms with E-state index in [1.165, 1.54) is 10.5 Å². The van der Waals surface area contributed by atoms with E-state index in [-0.39, 0.29) is 37.1 Å². The molecule has 2 amide bonds. The Labute approximate surface area is 179 Å². The van der Waals surface area contributed by atoms with Gasteiger partial charge in [-0.05, 0) is 29.3 Å². The van der Waals surface area contributed by atoms with Crippen LogP contribution in [0.5, 0.6) is 11.5 Å². The molecule has 3 aliphatic heterocycles. The van der Waals surface area contributed by atoms with Gasteiger partial charge in [-0.2, -0.15) is 0 Å². The molecule has 158 valence electrons. The van der Waals surface area contributed by atoms with Gasteiger partial charge in [0, 0.05) is 36.6 Å². The zero-order valence-corrected chi connectivity index (χ0v) is 17.7. The quantitative estimate of drug-likeness (QED) is 0.570. The second-order valence-electron chi connectivity index (χ2n) is 8.59. The van der Waals surface area contributed by atoms with Crippen molar-refractivity contribution in [2.45, 2.75) is 24.9 Å². The predicted octanol–water partition coefficient (Wildman–Crippen LogP) is 2.78. The van der Waals surface area contributed by atoms with E-state index in [9.17, 15) is 9.59 Å². The molecule has 3 aliphatic rings. The van der Waals surface area contributed by atoms with Gasteiger partial charge in [0.15, 0.2) is 11.5 Å². The monoisotopic (exact) mass is 417 g/mol. The van der Waals surface area contributed by atoms with Gasteiger partial charge in [-0.15, -0.1) is 0 Å². The molecule has 0 radical (unpaired) electrons. The highest BCUT2D eigenvalue weighted by Crippen LogP contribution is 2.49. The Bertz CT molecular complexity index is 1260. The van der Waals surface area contributed by atoms with E-state index in [1.54, 1.807) is 7.05 Å². The number of carbonyl (C=O) groups excluding carboxylic acids is 2. The molecular weight excluding hydrogens is 394 g/mol. The molecule has 1 fully saturated rings. The van der Waals surface area contributed by atoms with Crippen LogP contribution in [0.25, 0.3) is 10.9 Å². The van der Waals surface area contributed by atoms with Crippen molar-refractivity contribution in [3.05, 3.63) is 59.3 Å². The van der Waals surface area contributed by atoms with Gasteiger partial charge in [0.1, 0.15) is 0 Å². The van der Waals surface area contributed by atoms with Crippen molar-refractivity contribution in [1.82, 2.24) is 14.4 Å². The first-order valence-corrected chi connectivity index (χ1v) is 10.5. The largest absolute Gasteiger partial charge is 0.454 e. The first-order chi connectivity index (χ1) is 15.0. The lowest BCUT2D eigenvalue weighted by Gasteiger charge is -2.48. The van der Waals surface area contributed by atoms with Gasteiger partial charge in [0.25, 0.3) is 0 Å². The van der Waals surface area contributed by atoms with Crippen LogP contribution >= 0.6 is 0 Å². The zero-order valence-electron chi connectivity index (χ0n) is 17.7. The second-order valence-corrected chi connectivity index (χ2v) is 8.59. The molecule has 7 nitrogen and oxygen atoms in total. The minimum Gasteiger partial charge on any atom is -0.454 e. The summed E-state index contributed by atoms with van der Waals surface area (Å²) in [7, 11) is 3.65. The molecule has 0 spiro atoms. The number of nitrogens with zero attached hydrogens (tertiary/aromatic N) is 3. The maximum Gasteiger partial charge on any atom is 0.246 e. The van der Waals surface area contributed by atoms with Crippen molar-refractivity contribution in [3.63, 3.8) is 0 Å². The van der Waals surface area contributed by atoms with Gasteiger partial charge in [-0.1, -0.05) is 31.2 Å². The number of hydrogen-bond donors (Lipinski definition) is 0. The molecule has 1 aromatic heterocycles. The maximum atomic E-state index is 13.3. The van der Waals surface area contributed by atoms with Crippen molar-refractivity contribution >= 4 is 22.7 Å². The summed E-state index contributed by atoms with van der Waals surface area (Å²) in [5.74, 6) is 1.04. The van der Waals surface area contributed by atoms with Crippen molar-refractivity contribution in [2.75, 3.05) is 20.4 Å². The molecule has 3 aromatic rings. The highest BCUT2D eigenvalue weighted by molar-refractivity contribution is 6.02. The number of para-hydroxylation sites is 1. The highest BCUT2D eigenvalue weighted by atomic mass is 16.7. The molecule has 0 aliphatic carbocycles. The molecule has 4 heterocycles. The fourth-order valence-electron chi connectivity index (χ4n) is 5.58. The van der Waals surface area contributed by atoms with Crippen LogP contribution in [-0.2, 0) is 16.6 Å². The molecule has 0 N–H and O–H groups in total. The molecule has 7 heteroatoms. The Hall–Kier alpha value is -3.32. The topological polar surface area (TPSA) is 64.0 Å². The zero-order chi connectivity index (χ0) is 21.4. The summed E-state index contributed by atoms with van der Waals surface area (Å²) in [6, 6.07) is 13.6. The lowest BCUT2D eigenvalue weighted by molar-refractivity contribution is -0.156. The number of benzene rings is 2. The lowest BCUT2D eigenvalue weighted by Crippen LogP contribution is -2.62. The summed E-state index contributed by atoms with van der Waals surface area (Å²) < 4.78 is 13.3. The van der Waals surface area contributed by atoms with Crippen LogP contribution in [0.1, 0.15) is 35.7 Å². The normalized spacial score (nSPS) is 25.1. The summed E-state index contributed by atoms with van der Waals surface area (Å²) in [5, 5.41) is 1.16. The lowest BCUT2D eigenvalue weighted by atomic mass is 9.79. The minimum absolute atomic E-state index is 0.0468. The van der Waals surface area contributed by atoms with Crippen LogP contribution in [0.15, 0.2) is 42.5 Å². The standard InChI is InChI=1S/C24H23N3O4/c1-13-20-15-6-4-5-7-16(15)25(2)23(20)22(14-8-9-17-18(10-14)31-12-30-17)27-11-19(28)26(3)24(29)21(13)27/h4-10,13,21-22H,11-12H2,1-3H3/t13-,21+,22+/m1/s1. The van der Waals surface area contributed by atoms with E-state index in [2.05, 4.69) is 35.6 Å². The van der Waals surface area contributed by atoms with E-state index in [0.29, 0.717) is 11.5 Å². The van der Waals surface area contributed by atoms with E-state index in [0.717, 1.165) is 22.2 Å². The van der Waals surface area contributed by atoms with Gasteiger partial charge in [-0.3, -0.25) is 19.4 Å². The molecule has 31 heavy (non-hydrogen) atoms. The van der Waals surface area contributed by atoms with E-state index < -0.39 is 6.04 Å². The van der Waals surface area contributed by atoms with Gasteiger partial charge in [-0.25, -0.2) is 0 Å². The van der Waals surface area contributed by atoms with Gasteiger partial charge >= 0.3 is 0 Å². The fourth-order valence-corrected chi connectivity index (χ4v) is 5.58. The Kier molecular flexibility index (Phi) is 3.77. The number of ether oxygens (including phenoxy) is 2. The third-order valence-corrected chi connectivity index (χ3v) is 7.06. The summed E-state index contributed by atoms with van der Waals surface area (Å²) in [4.78, 5) is 29.4. The van der Waals surface area contributed by atoms with Crippen LogP contribution in [0.4, 0.5) is 0 Å². The number of likely N-dealkylation sites (N-methyl/N-ethyl adjacent to an activating group) is 1. The second kappa shape index (κ2) is 6.34. The average Bonchev–Trinajstić information content (AvgIpc) is 3.35. The predicted molar refractivity (Wildman–Crippen MR) is 114 cm³/mol. The Morgan fingerprint density at radius 2 is 1.77 bits per heavy atom. The number of rotatable bonds is 1. The number of hydrogen-bond acceptors (Lipinski definition) is 5. The number of piperazine rings is 1. The number of fused-ring (bicyclic) bond motifs is 5. The molecule has 0 bridgehead atoms. The van der Waals surface area contributed by atoms with Gasteiger partial charge in [0.2, 0.25) is 18.6 Å². The van der Waals surface area contributed by atoms with Crippen LogP contribution < -0.4 is 9.47 Å². The third kappa shape index (κ3) is 2.38. The van der Waals surface area contributed by atoms with E-state index in [4.69, 9.17) is 9.47 Å². The summed E-state index contributed by atoms with van der Waals surface area (Å²) in [5.41, 5.74) is 4.41. The van der Waals surface area contributed by atoms with Gasteiger partial charge < -0.3 is 14.0 Å². The van der Waals surface area contributed by atoms with E-state index >= 15 is 0 Å². The van der Waals surface area contributed by atoms with Crippen molar-refractivity contribution in [2.24, 2.45) is 7.05 Å². The van der Waals surface area contributed by atoms with Crippen LogP contribution in [0.3, 0.4) is 0 Å².